The molecule has 1 aliphatic rings. The van der Waals surface area contributed by atoms with Crippen LogP contribution in [0.2, 0.25) is 0 Å². The van der Waals surface area contributed by atoms with E-state index in [-0.39, 0.29) is 5.91 Å². The van der Waals surface area contributed by atoms with Crippen molar-refractivity contribution in [2.45, 2.75) is 34.3 Å². The molecule has 1 saturated heterocycles. The quantitative estimate of drug-likeness (QED) is 0.465. The number of nitrogens with zero attached hydrogens (tertiary/aromatic N) is 2. The van der Waals surface area contributed by atoms with Crippen molar-refractivity contribution in [2.24, 2.45) is 0 Å². The second kappa shape index (κ2) is 10.6. The monoisotopic (exact) mass is 458 g/mol. The van der Waals surface area contributed by atoms with Gasteiger partial charge in [-0.1, -0.05) is 24.3 Å². The zero-order valence-corrected chi connectivity index (χ0v) is 20.6. The highest BCUT2D eigenvalue weighted by atomic mass is 16.5. The fourth-order valence-electron chi connectivity index (χ4n) is 4.42. The van der Waals surface area contributed by atoms with E-state index in [2.05, 4.69) is 62.1 Å². The minimum Gasteiger partial charge on any atom is -0.493 e. The molecule has 5 heteroatoms. The maximum Gasteiger partial charge on any atom is 0.253 e. The Morgan fingerprint density at radius 2 is 1.59 bits per heavy atom. The lowest BCUT2D eigenvalue weighted by Gasteiger charge is -2.36. The molecule has 0 aliphatic carbocycles. The van der Waals surface area contributed by atoms with E-state index in [1.54, 1.807) is 0 Å². The van der Waals surface area contributed by atoms with E-state index in [1.807, 2.05) is 36.1 Å². The van der Waals surface area contributed by atoms with Crippen LogP contribution < -0.4 is 14.4 Å². The summed E-state index contributed by atoms with van der Waals surface area (Å²) in [5.41, 5.74) is 6.27. The van der Waals surface area contributed by atoms with Gasteiger partial charge in [0, 0.05) is 43.0 Å². The van der Waals surface area contributed by atoms with E-state index >= 15 is 0 Å². The topological polar surface area (TPSA) is 42.0 Å². The number of para-hydroxylation sites is 1. The molecule has 34 heavy (non-hydrogen) atoms. The van der Waals surface area contributed by atoms with Gasteiger partial charge in [0.25, 0.3) is 5.91 Å². The van der Waals surface area contributed by atoms with Crippen molar-refractivity contribution in [3.05, 3.63) is 88.5 Å². The fraction of sp³-hybridized carbons (Fsp3) is 0.345. The van der Waals surface area contributed by atoms with Crippen molar-refractivity contribution in [3.8, 4) is 11.5 Å². The average molecular weight is 459 g/mol. The van der Waals surface area contributed by atoms with E-state index in [1.165, 1.54) is 16.8 Å². The Morgan fingerprint density at radius 1 is 0.853 bits per heavy atom. The Morgan fingerprint density at radius 3 is 2.29 bits per heavy atom. The number of rotatable bonds is 7. The second-order valence-corrected chi connectivity index (χ2v) is 8.86. The number of carbonyl (C=O) groups excluding carboxylic acids is 1. The Bertz CT molecular complexity index is 1140. The van der Waals surface area contributed by atoms with E-state index in [0.717, 1.165) is 35.7 Å². The third-order valence-corrected chi connectivity index (χ3v) is 6.44. The van der Waals surface area contributed by atoms with Gasteiger partial charge in [-0.2, -0.15) is 0 Å². The van der Waals surface area contributed by atoms with Crippen molar-refractivity contribution in [1.82, 2.24) is 4.90 Å². The minimum absolute atomic E-state index is 0.0552. The highest BCUT2D eigenvalue weighted by Crippen LogP contribution is 2.27. The third kappa shape index (κ3) is 5.36. The van der Waals surface area contributed by atoms with Crippen LogP contribution in [0.1, 0.15) is 39.5 Å². The number of carbonyl (C=O) groups is 1. The highest BCUT2D eigenvalue weighted by Gasteiger charge is 2.23. The lowest BCUT2D eigenvalue weighted by Crippen LogP contribution is -2.48. The van der Waals surface area contributed by atoms with Crippen LogP contribution in [0, 0.1) is 20.8 Å². The molecule has 1 fully saturated rings. The highest BCUT2D eigenvalue weighted by molar-refractivity contribution is 5.94. The van der Waals surface area contributed by atoms with Crippen LogP contribution in [0.3, 0.4) is 0 Å². The molecule has 1 aliphatic heterocycles. The van der Waals surface area contributed by atoms with Crippen molar-refractivity contribution in [2.75, 3.05) is 37.7 Å². The van der Waals surface area contributed by atoms with Crippen LogP contribution in [-0.4, -0.2) is 43.6 Å². The zero-order valence-electron chi connectivity index (χ0n) is 20.6. The number of benzene rings is 3. The number of aryl methyl sites for hydroxylation is 2. The first kappa shape index (κ1) is 23.7. The molecule has 0 aromatic heterocycles. The largest absolute Gasteiger partial charge is 0.493 e. The molecule has 1 heterocycles. The van der Waals surface area contributed by atoms with E-state index in [4.69, 9.17) is 9.47 Å². The summed E-state index contributed by atoms with van der Waals surface area (Å²) in [6.45, 7) is 12.2. The lowest BCUT2D eigenvalue weighted by molar-refractivity contribution is 0.0746. The van der Waals surface area contributed by atoms with Gasteiger partial charge in [0.1, 0.15) is 18.1 Å². The molecule has 0 bridgehead atoms. The van der Waals surface area contributed by atoms with Gasteiger partial charge >= 0.3 is 0 Å². The van der Waals surface area contributed by atoms with Gasteiger partial charge in [0.15, 0.2) is 0 Å². The molecule has 4 rings (SSSR count). The Kier molecular flexibility index (Phi) is 7.41. The molecule has 3 aromatic carbocycles. The predicted molar refractivity (Wildman–Crippen MR) is 137 cm³/mol. The first-order chi connectivity index (χ1) is 16.5. The number of amides is 1. The maximum atomic E-state index is 13.3. The van der Waals surface area contributed by atoms with Crippen LogP contribution >= 0.6 is 0 Å². The fourth-order valence-corrected chi connectivity index (χ4v) is 4.42. The molecule has 0 saturated carbocycles. The molecular formula is C29H34N2O3. The summed E-state index contributed by atoms with van der Waals surface area (Å²) in [4.78, 5) is 17.6. The molecule has 3 aromatic rings. The van der Waals surface area contributed by atoms with Crippen LogP contribution in [0.15, 0.2) is 60.7 Å². The summed E-state index contributed by atoms with van der Waals surface area (Å²) in [7, 11) is 0. The first-order valence-electron chi connectivity index (χ1n) is 12.0. The van der Waals surface area contributed by atoms with Crippen LogP contribution in [0.25, 0.3) is 0 Å². The number of ether oxygens (including phenoxy) is 2. The van der Waals surface area contributed by atoms with Crippen molar-refractivity contribution in [3.63, 3.8) is 0 Å². The number of piperazine rings is 1. The minimum atomic E-state index is 0.0552. The summed E-state index contributed by atoms with van der Waals surface area (Å²) >= 11 is 0. The molecule has 1 amide bonds. The van der Waals surface area contributed by atoms with Gasteiger partial charge in [-0.25, -0.2) is 0 Å². The van der Waals surface area contributed by atoms with E-state index in [9.17, 15) is 4.79 Å². The Balaban J connectivity index is 1.47. The summed E-state index contributed by atoms with van der Waals surface area (Å²) in [6.07, 6.45) is 0. The Hall–Kier alpha value is -3.47. The van der Waals surface area contributed by atoms with Crippen molar-refractivity contribution < 1.29 is 14.3 Å². The third-order valence-electron chi connectivity index (χ3n) is 6.44. The van der Waals surface area contributed by atoms with Gasteiger partial charge < -0.3 is 19.3 Å². The van der Waals surface area contributed by atoms with E-state index in [0.29, 0.717) is 31.9 Å². The van der Waals surface area contributed by atoms with Crippen LogP contribution in [0.5, 0.6) is 11.5 Å². The van der Waals surface area contributed by atoms with Crippen LogP contribution in [0.4, 0.5) is 5.69 Å². The SMILES string of the molecule is CCOc1ccc(C(=O)N2CCN(c3ccccc3)CC2)cc1COc1cc(C)cc(C)c1C. The predicted octanol–water partition coefficient (Wildman–Crippen LogP) is 5.55. The lowest BCUT2D eigenvalue weighted by atomic mass is 10.1. The zero-order chi connectivity index (χ0) is 24.1. The molecule has 0 N–H and O–H groups in total. The normalized spacial score (nSPS) is 13.6. The van der Waals surface area contributed by atoms with Gasteiger partial charge in [-0.05, 0) is 80.8 Å². The van der Waals surface area contributed by atoms with Gasteiger partial charge in [-0.15, -0.1) is 0 Å². The summed E-state index contributed by atoms with van der Waals surface area (Å²) < 4.78 is 12.0. The Labute approximate surface area is 202 Å². The molecule has 0 unspecified atom stereocenters. The molecule has 0 spiro atoms. The standard InChI is InChI=1S/C29H34N2O3/c1-5-33-27-12-11-24(19-25(27)20-34-28-18-21(2)17-22(3)23(28)4)29(32)31-15-13-30(14-16-31)26-9-7-6-8-10-26/h6-12,17-19H,5,13-16,20H2,1-4H3. The van der Waals surface area contributed by atoms with Gasteiger partial charge in [-0.3, -0.25) is 4.79 Å². The number of hydrogen-bond donors (Lipinski definition) is 0. The van der Waals surface area contributed by atoms with Gasteiger partial charge in [0.2, 0.25) is 0 Å². The average Bonchev–Trinajstić information content (AvgIpc) is 2.86. The molecule has 5 nitrogen and oxygen atoms in total. The smallest absolute Gasteiger partial charge is 0.253 e. The molecule has 0 radical (unpaired) electrons. The summed E-state index contributed by atoms with van der Waals surface area (Å²) in [5.74, 6) is 1.68. The van der Waals surface area contributed by atoms with Crippen LogP contribution in [-0.2, 0) is 6.61 Å². The number of hydrogen-bond acceptors (Lipinski definition) is 4. The van der Waals surface area contributed by atoms with Crippen molar-refractivity contribution >= 4 is 11.6 Å². The molecular weight excluding hydrogens is 424 g/mol. The first-order valence-corrected chi connectivity index (χ1v) is 12.0. The number of anilines is 1. The van der Waals surface area contributed by atoms with Gasteiger partial charge in [0.05, 0.1) is 6.61 Å². The summed E-state index contributed by atoms with van der Waals surface area (Å²) in [5, 5.41) is 0. The van der Waals surface area contributed by atoms with E-state index < -0.39 is 0 Å². The summed E-state index contributed by atoms with van der Waals surface area (Å²) in [6, 6.07) is 20.3. The maximum absolute atomic E-state index is 13.3. The molecule has 0 atom stereocenters. The second-order valence-electron chi connectivity index (χ2n) is 8.86. The van der Waals surface area contributed by atoms with Crippen molar-refractivity contribution in [1.29, 1.82) is 0 Å². The molecule has 178 valence electrons.